The van der Waals surface area contributed by atoms with Gasteiger partial charge in [-0.2, -0.15) is 0 Å². The van der Waals surface area contributed by atoms with Gasteiger partial charge in [-0.15, -0.1) is 24.8 Å². The standard InChI is InChI=1S/C19H20N4O.2ClH/c24-19(17-7-3-4-12-20-17)21-14-10-8-13(9-11-14)18-22-15-5-1-2-6-16(15)23-18;;/h1-2,5-6,8-11,17,20H,3-4,7,12H2,(H,21,24)(H,22,23);2*1H/t17-;;/m1../s1. The minimum Gasteiger partial charge on any atom is -0.338 e. The van der Waals surface area contributed by atoms with E-state index in [1.165, 1.54) is 0 Å². The summed E-state index contributed by atoms with van der Waals surface area (Å²) in [7, 11) is 0. The highest BCUT2D eigenvalue weighted by Crippen LogP contribution is 2.22. The lowest BCUT2D eigenvalue weighted by atomic mass is 10.0. The molecule has 0 aliphatic carbocycles. The molecule has 0 saturated carbocycles. The average molecular weight is 393 g/mol. The van der Waals surface area contributed by atoms with Crippen molar-refractivity contribution in [1.29, 1.82) is 0 Å². The van der Waals surface area contributed by atoms with E-state index in [2.05, 4.69) is 20.6 Å². The topological polar surface area (TPSA) is 69.8 Å². The van der Waals surface area contributed by atoms with Crippen LogP contribution in [0.3, 0.4) is 0 Å². The number of anilines is 1. The maximum atomic E-state index is 12.2. The molecule has 4 rings (SSSR count). The van der Waals surface area contributed by atoms with E-state index in [1.807, 2.05) is 48.5 Å². The minimum absolute atomic E-state index is 0. The van der Waals surface area contributed by atoms with Gasteiger partial charge in [0.15, 0.2) is 0 Å². The number of rotatable bonds is 3. The minimum atomic E-state index is -0.0752. The quantitative estimate of drug-likeness (QED) is 0.626. The number of aromatic nitrogens is 2. The van der Waals surface area contributed by atoms with Crippen LogP contribution in [0.1, 0.15) is 19.3 Å². The second kappa shape index (κ2) is 9.03. The van der Waals surface area contributed by atoms with Crippen LogP contribution in [0.4, 0.5) is 5.69 Å². The normalized spacial score (nSPS) is 16.4. The number of halogens is 2. The number of benzene rings is 2. The molecule has 0 bridgehead atoms. The predicted molar refractivity (Wildman–Crippen MR) is 110 cm³/mol. The lowest BCUT2D eigenvalue weighted by Crippen LogP contribution is -2.43. The Hall–Kier alpha value is -2.08. The first kappa shape index (κ1) is 20.2. The molecule has 1 aliphatic rings. The summed E-state index contributed by atoms with van der Waals surface area (Å²) >= 11 is 0. The number of H-pyrrole nitrogens is 1. The third kappa shape index (κ3) is 4.36. The Morgan fingerprint density at radius 3 is 2.50 bits per heavy atom. The Bertz CT molecular complexity index is 824. The van der Waals surface area contributed by atoms with Crippen molar-refractivity contribution in [3.05, 3.63) is 48.5 Å². The van der Waals surface area contributed by atoms with Crippen molar-refractivity contribution in [3.63, 3.8) is 0 Å². The number of piperidine rings is 1. The molecule has 0 spiro atoms. The van der Waals surface area contributed by atoms with Crippen molar-refractivity contribution < 1.29 is 4.79 Å². The number of imidazole rings is 1. The van der Waals surface area contributed by atoms with Crippen LogP contribution in [0.25, 0.3) is 22.4 Å². The lowest BCUT2D eigenvalue weighted by molar-refractivity contribution is -0.118. The summed E-state index contributed by atoms with van der Waals surface area (Å²) in [6, 6.07) is 15.7. The van der Waals surface area contributed by atoms with Crippen molar-refractivity contribution in [3.8, 4) is 11.4 Å². The smallest absolute Gasteiger partial charge is 0.241 e. The van der Waals surface area contributed by atoms with Crippen molar-refractivity contribution in [2.24, 2.45) is 0 Å². The molecule has 138 valence electrons. The number of fused-ring (bicyclic) bond motifs is 1. The summed E-state index contributed by atoms with van der Waals surface area (Å²) < 4.78 is 0. The highest BCUT2D eigenvalue weighted by atomic mass is 35.5. The molecule has 1 atom stereocenters. The highest BCUT2D eigenvalue weighted by molar-refractivity contribution is 5.95. The zero-order valence-corrected chi connectivity index (χ0v) is 15.8. The molecule has 1 saturated heterocycles. The van der Waals surface area contributed by atoms with Crippen LogP contribution in [-0.4, -0.2) is 28.5 Å². The Morgan fingerprint density at radius 1 is 1.04 bits per heavy atom. The van der Waals surface area contributed by atoms with Gasteiger partial charge < -0.3 is 15.6 Å². The summed E-state index contributed by atoms with van der Waals surface area (Å²) in [4.78, 5) is 20.2. The van der Waals surface area contributed by atoms with Crippen molar-refractivity contribution >= 4 is 47.4 Å². The second-order valence-corrected chi connectivity index (χ2v) is 6.17. The third-order valence-corrected chi connectivity index (χ3v) is 4.44. The number of carbonyl (C=O) groups is 1. The number of nitrogens with one attached hydrogen (secondary N) is 3. The van der Waals surface area contributed by atoms with Gasteiger partial charge in [0.05, 0.1) is 17.1 Å². The largest absolute Gasteiger partial charge is 0.338 e. The Labute approximate surface area is 164 Å². The van der Waals surface area contributed by atoms with Crippen LogP contribution < -0.4 is 10.6 Å². The van der Waals surface area contributed by atoms with E-state index < -0.39 is 0 Å². The van der Waals surface area contributed by atoms with Crippen LogP contribution in [0.5, 0.6) is 0 Å². The highest BCUT2D eigenvalue weighted by Gasteiger charge is 2.20. The molecular weight excluding hydrogens is 371 g/mol. The van der Waals surface area contributed by atoms with Crippen molar-refractivity contribution in [2.75, 3.05) is 11.9 Å². The van der Waals surface area contributed by atoms with Gasteiger partial charge in [0.2, 0.25) is 5.91 Å². The van der Waals surface area contributed by atoms with Gasteiger partial charge >= 0.3 is 0 Å². The van der Waals surface area contributed by atoms with Gasteiger partial charge in [0.1, 0.15) is 5.82 Å². The summed E-state index contributed by atoms with van der Waals surface area (Å²) in [5.74, 6) is 0.884. The van der Waals surface area contributed by atoms with Gasteiger partial charge in [-0.3, -0.25) is 4.79 Å². The van der Waals surface area contributed by atoms with Crippen LogP contribution >= 0.6 is 24.8 Å². The number of hydrogen-bond donors (Lipinski definition) is 3. The first-order valence-electron chi connectivity index (χ1n) is 8.39. The van der Waals surface area contributed by atoms with Crippen LogP contribution in [0, 0.1) is 0 Å². The summed E-state index contributed by atoms with van der Waals surface area (Å²) in [6.07, 6.45) is 3.16. The maximum absolute atomic E-state index is 12.2. The van der Waals surface area contributed by atoms with E-state index in [1.54, 1.807) is 0 Å². The molecule has 0 unspecified atom stereocenters. The zero-order valence-electron chi connectivity index (χ0n) is 14.2. The fourth-order valence-electron chi connectivity index (χ4n) is 3.11. The molecule has 1 amide bonds. The Kier molecular flexibility index (Phi) is 7.03. The van der Waals surface area contributed by atoms with E-state index >= 15 is 0 Å². The molecular formula is C19H22Cl2N4O. The number of hydrogen-bond acceptors (Lipinski definition) is 3. The van der Waals surface area contributed by atoms with E-state index in [-0.39, 0.29) is 36.8 Å². The van der Waals surface area contributed by atoms with E-state index in [4.69, 9.17) is 0 Å². The van der Waals surface area contributed by atoms with Crippen LogP contribution in [-0.2, 0) is 4.79 Å². The van der Waals surface area contributed by atoms with Gasteiger partial charge in [0.25, 0.3) is 0 Å². The maximum Gasteiger partial charge on any atom is 0.241 e. The zero-order chi connectivity index (χ0) is 16.4. The third-order valence-electron chi connectivity index (χ3n) is 4.44. The lowest BCUT2D eigenvalue weighted by Gasteiger charge is -2.22. The number of nitrogens with zero attached hydrogens (tertiary/aromatic N) is 1. The van der Waals surface area contributed by atoms with E-state index in [9.17, 15) is 4.79 Å². The van der Waals surface area contributed by atoms with Gasteiger partial charge in [0, 0.05) is 11.3 Å². The fourth-order valence-corrected chi connectivity index (χ4v) is 3.11. The van der Waals surface area contributed by atoms with Crippen molar-refractivity contribution in [2.45, 2.75) is 25.3 Å². The molecule has 2 aromatic carbocycles. The molecule has 1 aromatic heterocycles. The monoisotopic (exact) mass is 392 g/mol. The number of amides is 1. The number of para-hydroxylation sites is 2. The SMILES string of the molecule is Cl.Cl.O=C(Nc1ccc(-c2nc3ccccc3[nH]2)cc1)[C@H]1CCCCN1. The second-order valence-electron chi connectivity index (χ2n) is 6.17. The molecule has 3 aromatic rings. The van der Waals surface area contributed by atoms with E-state index in [0.29, 0.717) is 0 Å². The molecule has 3 N–H and O–H groups in total. The molecule has 2 heterocycles. The number of aromatic amines is 1. The van der Waals surface area contributed by atoms with Crippen molar-refractivity contribution in [1.82, 2.24) is 15.3 Å². The molecule has 0 radical (unpaired) electrons. The van der Waals surface area contributed by atoms with E-state index in [0.717, 1.165) is 53.9 Å². The predicted octanol–water partition coefficient (Wildman–Crippen LogP) is 4.15. The summed E-state index contributed by atoms with van der Waals surface area (Å²) in [6.45, 7) is 0.920. The molecule has 26 heavy (non-hydrogen) atoms. The Morgan fingerprint density at radius 2 is 1.81 bits per heavy atom. The molecule has 7 heteroatoms. The van der Waals surface area contributed by atoms with Gasteiger partial charge in [-0.25, -0.2) is 4.98 Å². The summed E-state index contributed by atoms with van der Waals surface area (Å²) in [5, 5.41) is 6.25. The first-order chi connectivity index (χ1) is 11.8. The first-order valence-corrected chi connectivity index (χ1v) is 8.39. The Balaban J connectivity index is 0.00000121. The average Bonchev–Trinajstić information content (AvgIpc) is 3.07. The molecule has 1 aliphatic heterocycles. The van der Waals surface area contributed by atoms with Gasteiger partial charge in [-0.1, -0.05) is 18.6 Å². The summed E-state index contributed by atoms with van der Waals surface area (Å²) in [5.41, 5.74) is 3.79. The number of carbonyl (C=O) groups excluding carboxylic acids is 1. The fraction of sp³-hybridized carbons (Fsp3) is 0.263. The van der Waals surface area contributed by atoms with Crippen LogP contribution in [0.15, 0.2) is 48.5 Å². The van der Waals surface area contributed by atoms with Gasteiger partial charge in [-0.05, 0) is 55.8 Å². The van der Waals surface area contributed by atoms with Crippen LogP contribution in [0.2, 0.25) is 0 Å². The molecule has 5 nitrogen and oxygen atoms in total. The molecule has 1 fully saturated rings.